The van der Waals surface area contributed by atoms with E-state index in [2.05, 4.69) is 47.8 Å². The lowest BCUT2D eigenvalue weighted by atomic mass is 9.87. The van der Waals surface area contributed by atoms with Crippen LogP contribution in [0.4, 0.5) is 0 Å². The fourth-order valence-corrected chi connectivity index (χ4v) is 7.26. The molecule has 3 aromatic rings. The second kappa shape index (κ2) is 10.3. The van der Waals surface area contributed by atoms with Crippen LogP contribution in [0.1, 0.15) is 65.8 Å². The van der Waals surface area contributed by atoms with Crippen LogP contribution >= 0.6 is 0 Å². The first-order chi connectivity index (χ1) is 19.1. The Morgan fingerprint density at radius 3 is 2.54 bits per heavy atom. The molecule has 0 aromatic heterocycles. The Morgan fingerprint density at radius 1 is 0.923 bits per heavy atom. The third-order valence-electron chi connectivity index (χ3n) is 9.26. The zero-order valence-electron chi connectivity index (χ0n) is 22.1. The summed E-state index contributed by atoms with van der Waals surface area (Å²) in [6.45, 7) is 0.397. The summed E-state index contributed by atoms with van der Waals surface area (Å²) in [4.78, 5) is 13.5. The van der Waals surface area contributed by atoms with E-state index in [1.165, 1.54) is 47.1 Å². The van der Waals surface area contributed by atoms with E-state index in [0.717, 1.165) is 29.9 Å². The number of hydrogen-bond acceptors (Lipinski definition) is 4. The largest absolute Gasteiger partial charge is 0.459 e. The molecule has 7 rings (SSSR count). The molecule has 5 heteroatoms. The maximum absolute atomic E-state index is 13.5. The first kappa shape index (κ1) is 24.6. The van der Waals surface area contributed by atoms with Gasteiger partial charge in [-0.25, -0.2) is 0 Å². The Labute approximate surface area is 229 Å². The van der Waals surface area contributed by atoms with Gasteiger partial charge in [-0.1, -0.05) is 73.2 Å². The molecule has 2 bridgehead atoms. The van der Waals surface area contributed by atoms with Gasteiger partial charge in [0.15, 0.2) is 5.76 Å². The number of allylic oxidation sites excluding steroid dienone is 1. The van der Waals surface area contributed by atoms with Crippen molar-refractivity contribution in [1.82, 2.24) is 5.32 Å². The molecule has 1 heterocycles. The van der Waals surface area contributed by atoms with Crippen molar-refractivity contribution < 1.29 is 19.4 Å². The second-order valence-corrected chi connectivity index (χ2v) is 11.7. The number of ether oxygens (including phenoxy) is 2. The van der Waals surface area contributed by atoms with Gasteiger partial charge in [0.1, 0.15) is 0 Å². The molecule has 200 valence electrons. The fraction of sp³-hybridized carbons (Fsp3) is 0.382. The van der Waals surface area contributed by atoms with Crippen molar-refractivity contribution in [1.29, 1.82) is 0 Å². The molecule has 3 aliphatic carbocycles. The van der Waals surface area contributed by atoms with E-state index in [1.807, 2.05) is 30.3 Å². The molecule has 2 N–H and O–H groups in total. The quantitative estimate of drug-likeness (QED) is 0.314. The molecule has 5 nitrogen and oxygen atoms in total. The molecule has 5 atom stereocenters. The van der Waals surface area contributed by atoms with Crippen LogP contribution in [-0.4, -0.2) is 23.3 Å². The van der Waals surface area contributed by atoms with Gasteiger partial charge in [-0.15, -0.1) is 0 Å². The number of aliphatic hydroxyl groups excluding tert-OH is 1. The van der Waals surface area contributed by atoms with Crippen molar-refractivity contribution in [3.8, 4) is 11.1 Å². The number of rotatable bonds is 7. The summed E-state index contributed by atoms with van der Waals surface area (Å²) in [5.41, 5.74) is 8.41. The highest BCUT2D eigenvalue weighted by Gasteiger charge is 2.41. The van der Waals surface area contributed by atoms with Crippen molar-refractivity contribution in [3.63, 3.8) is 0 Å². The predicted octanol–water partition coefficient (Wildman–Crippen LogP) is 5.99. The SMILES string of the molecule is O=C(NC1CC2CCC1C2)C1=CC(c2cccc3c2Cc2ccccc2-3)CC(OCc2ccc(CO)cc2)O1. The maximum atomic E-state index is 13.5. The van der Waals surface area contributed by atoms with Crippen LogP contribution in [-0.2, 0) is 33.9 Å². The summed E-state index contributed by atoms with van der Waals surface area (Å²) in [6.07, 6.45) is 7.89. The molecule has 1 aliphatic heterocycles. The number of aliphatic hydroxyl groups is 1. The zero-order valence-corrected chi connectivity index (χ0v) is 22.1. The summed E-state index contributed by atoms with van der Waals surface area (Å²) in [7, 11) is 0. The Balaban J connectivity index is 1.15. The molecule has 0 saturated heterocycles. The van der Waals surface area contributed by atoms with E-state index in [1.54, 1.807) is 0 Å². The molecule has 2 saturated carbocycles. The lowest BCUT2D eigenvalue weighted by Gasteiger charge is -2.31. The summed E-state index contributed by atoms with van der Waals surface area (Å²) < 4.78 is 12.5. The molecule has 4 aliphatic rings. The Morgan fingerprint density at radius 2 is 1.74 bits per heavy atom. The maximum Gasteiger partial charge on any atom is 0.286 e. The van der Waals surface area contributed by atoms with Crippen LogP contribution in [0.2, 0.25) is 0 Å². The Bertz CT molecular complexity index is 1410. The lowest BCUT2D eigenvalue weighted by molar-refractivity contribution is -0.150. The molecule has 1 amide bonds. The van der Waals surface area contributed by atoms with Crippen LogP contribution in [0.3, 0.4) is 0 Å². The van der Waals surface area contributed by atoms with Gasteiger partial charge in [-0.3, -0.25) is 4.79 Å². The average molecular weight is 522 g/mol. The first-order valence-electron chi connectivity index (χ1n) is 14.3. The van der Waals surface area contributed by atoms with Crippen LogP contribution in [0.25, 0.3) is 11.1 Å². The van der Waals surface area contributed by atoms with Crippen molar-refractivity contribution in [2.45, 2.75) is 70.0 Å². The number of carbonyl (C=O) groups excluding carboxylic acids is 1. The van der Waals surface area contributed by atoms with Gasteiger partial charge >= 0.3 is 0 Å². The predicted molar refractivity (Wildman–Crippen MR) is 150 cm³/mol. The standard InChI is InChI=1S/C34H35NO4/c36-19-21-8-10-22(11-9-21)20-38-33-18-26(17-32(39-33)34(37)35-31-15-23-12-13-25(31)14-23)28-6-3-7-29-27-5-2-1-4-24(27)16-30(28)29/h1-11,17,23,25-26,31,33,36H,12-16,18-20H2,(H,35,37). The lowest BCUT2D eigenvalue weighted by Crippen LogP contribution is -2.41. The molecule has 2 fully saturated rings. The number of benzene rings is 3. The summed E-state index contributed by atoms with van der Waals surface area (Å²) in [5.74, 6) is 1.64. The van der Waals surface area contributed by atoms with E-state index >= 15 is 0 Å². The van der Waals surface area contributed by atoms with Gasteiger partial charge in [0.2, 0.25) is 6.29 Å². The van der Waals surface area contributed by atoms with E-state index < -0.39 is 6.29 Å². The highest BCUT2D eigenvalue weighted by atomic mass is 16.7. The van der Waals surface area contributed by atoms with Gasteiger partial charge in [0.05, 0.1) is 13.2 Å². The number of hydrogen-bond donors (Lipinski definition) is 2. The Kier molecular flexibility index (Phi) is 6.49. The van der Waals surface area contributed by atoms with Crippen molar-refractivity contribution >= 4 is 5.91 Å². The topological polar surface area (TPSA) is 67.8 Å². The van der Waals surface area contributed by atoms with Crippen molar-refractivity contribution in [2.24, 2.45) is 11.8 Å². The highest BCUT2D eigenvalue weighted by molar-refractivity contribution is 5.92. The van der Waals surface area contributed by atoms with Crippen molar-refractivity contribution in [3.05, 3.63) is 106 Å². The monoisotopic (exact) mass is 521 g/mol. The molecular weight excluding hydrogens is 486 g/mol. The third kappa shape index (κ3) is 4.79. The number of nitrogens with one attached hydrogen (secondary N) is 1. The van der Waals surface area contributed by atoms with Crippen LogP contribution in [0.15, 0.2) is 78.6 Å². The van der Waals surface area contributed by atoms with Crippen LogP contribution < -0.4 is 5.32 Å². The van der Waals surface area contributed by atoms with Gasteiger partial charge in [0, 0.05) is 18.4 Å². The molecule has 3 aromatic carbocycles. The number of carbonyl (C=O) groups is 1. The van der Waals surface area contributed by atoms with Gasteiger partial charge in [0.25, 0.3) is 5.91 Å². The van der Waals surface area contributed by atoms with Crippen molar-refractivity contribution in [2.75, 3.05) is 0 Å². The minimum Gasteiger partial charge on any atom is -0.459 e. The average Bonchev–Trinajstić information content (AvgIpc) is 3.70. The zero-order chi connectivity index (χ0) is 26.3. The van der Waals surface area contributed by atoms with E-state index in [-0.39, 0.29) is 24.5 Å². The normalized spacial score (nSPS) is 26.5. The molecule has 0 radical (unpaired) electrons. The van der Waals surface area contributed by atoms with E-state index in [4.69, 9.17) is 9.47 Å². The number of amides is 1. The second-order valence-electron chi connectivity index (χ2n) is 11.7. The molecule has 0 spiro atoms. The van der Waals surface area contributed by atoms with Gasteiger partial charge in [-0.2, -0.15) is 0 Å². The summed E-state index contributed by atoms with van der Waals surface area (Å²) >= 11 is 0. The summed E-state index contributed by atoms with van der Waals surface area (Å²) in [6, 6.07) is 23.1. The number of fused-ring (bicyclic) bond motifs is 5. The van der Waals surface area contributed by atoms with Gasteiger partial charge < -0.3 is 19.9 Å². The summed E-state index contributed by atoms with van der Waals surface area (Å²) in [5, 5.41) is 12.7. The third-order valence-corrected chi connectivity index (χ3v) is 9.26. The first-order valence-corrected chi connectivity index (χ1v) is 14.3. The van der Waals surface area contributed by atoms with E-state index in [0.29, 0.717) is 24.7 Å². The minimum absolute atomic E-state index is 0.0190. The van der Waals surface area contributed by atoms with E-state index in [9.17, 15) is 9.90 Å². The van der Waals surface area contributed by atoms with Crippen LogP contribution in [0, 0.1) is 11.8 Å². The molecule has 5 unspecified atom stereocenters. The minimum atomic E-state index is -0.530. The van der Waals surface area contributed by atoms with Gasteiger partial charge in [-0.05, 0) is 82.5 Å². The highest BCUT2D eigenvalue weighted by Crippen LogP contribution is 2.45. The Hall–Kier alpha value is -3.41. The fourth-order valence-electron chi connectivity index (χ4n) is 7.26. The van der Waals surface area contributed by atoms with Crippen LogP contribution in [0.5, 0.6) is 0 Å². The smallest absolute Gasteiger partial charge is 0.286 e. The molecular formula is C34H35NO4. The molecule has 39 heavy (non-hydrogen) atoms.